The smallest absolute Gasteiger partial charge is 0.323 e. The van der Waals surface area contributed by atoms with Crippen molar-refractivity contribution in [3.05, 3.63) is 29.3 Å². The molecule has 0 heterocycles. The molecule has 0 fully saturated rings. The summed E-state index contributed by atoms with van der Waals surface area (Å²) in [5, 5.41) is 8.82. The Morgan fingerprint density at radius 2 is 1.76 bits per heavy atom. The predicted molar refractivity (Wildman–Crippen MR) is 80.5 cm³/mol. The maximum Gasteiger partial charge on any atom is 0.323 e. The fourth-order valence-electron chi connectivity index (χ4n) is 2.12. The highest BCUT2D eigenvalue weighted by Gasteiger charge is 2.19. The number of aryl methyl sites for hydroxylation is 2. The number of ether oxygens (including phenoxy) is 1. The molecule has 0 spiro atoms. The summed E-state index contributed by atoms with van der Waals surface area (Å²) in [6.45, 7) is 7.53. The second kappa shape index (κ2) is 7.67. The lowest BCUT2D eigenvalue weighted by Gasteiger charge is -2.24. The van der Waals surface area contributed by atoms with E-state index in [0.29, 0.717) is 0 Å². The first-order chi connectivity index (χ1) is 9.79. The second-order valence-corrected chi connectivity index (χ2v) is 5.43. The van der Waals surface area contributed by atoms with E-state index in [4.69, 9.17) is 9.84 Å². The molecule has 0 atom stereocenters. The molecular formula is C16H23NO4. The molecule has 21 heavy (non-hydrogen) atoms. The first kappa shape index (κ1) is 17.0. The Kier molecular flexibility index (Phi) is 6.21. The minimum Gasteiger partial charge on any atom is -0.493 e. The highest BCUT2D eigenvalue weighted by atomic mass is 16.5. The molecule has 1 aromatic carbocycles. The van der Waals surface area contributed by atoms with Gasteiger partial charge in [0.2, 0.25) is 5.91 Å². The van der Waals surface area contributed by atoms with Crippen molar-refractivity contribution in [1.82, 2.24) is 4.90 Å². The van der Waals surface area contributed by atoms with Crippen molar-refractivity contribution in [3.63, 3.8) is 0 Å². The number of carboxylic acids is 1. The third kappa shape index (κ3) is 5.85. The minimum absolute atomic E-state index is 0.144. The fraction of sp³-hybridized carbons (Fsp3) is 0.500. The van der Waals surface area contributed by atoms with E-state index >= 15 is 0 Å². The van der Waals surface area contributed by atoms with E-state index in [1.54, 1.807) is 13.8 Å². The summed E-state index contributed by atoms with van der Waals surface area (Å²) >= 11 is 0. The molecule has 0 saturated carbocycles. The summed E-state index contributed by atoms with van der Waals surface area (Å²) in [5.74, 6) is -0.487. The van der Waals surface area contributed by atoms with Crippen molar-refractivity contribution in [2.24, 2.45) is 0 Å². The van der Waals surface area contributed by atoms with E-state index in [1.165, 1.54) is 4.90 Å². The zero-order chi connectivity index (χ0) is 16.0. The van der Waals surface area contributed by atoms with Gasteiger partial charge < -0.3 is 14.7 Å². The van der Waals surface area contributed by atoms with Gasteiger partial charge in [0.1, 0.15) is 12.3 Å². The first-order valence-corrected chi connectivity index (χ1v) is 7.02. The summed E-state index contributed by atoms with van der Waals surface area (Å²) in [6.07, 6.45) is 0.165. The molecule has 0 aromatic heterocycles. The molecule has 1 N–H and O–H groups in total. The maximum atomic E-state index is 12.0. The van der Waals surface area contributed by atoms with Crippen molar-refractivity contribution < 1.29 is 19.4 Å². The molecule has 5 nitrogen and oxygen atoms in total. The molecule has 0 bridgehead atoms. The largest absolute Gasteiger partial charge is 0.493 e. The Bertz CT molecular complexity index is 491. The number of hydrogen-bond donors (Lipinski definition) is 1. The number of carbonyl (C=O) groups is 2. The summed E-state index contributed by atoms with van der Waals surface area (Å²) in [7, 11) is 0. The van der Waals surface area contributed by atoms with E-state index in [2.05, 4.69) is 0 Å². The van der Waals surface area contributed by atoms with Gasteiger partial charge in [-0.3, -0.25) is 9.59 Å². The number of rotatable bonds is 7. The number of carbonyl (C=O) groups excluding carboxylic acids is 1. The molecular weight excluding hydrogens is 270 g/mol. The van der Waals surface area contributed by atoms with Crippen LogP contribution in [0.25, 0.3) is 0 Å². The average Bonchev–Trinajstić information content (AvgIpc) is 2.34. The van der Waals surface area contributed by atoms with E-state index in [-0.39, 0.29) is 31.5 Å². The summed E-state index contributed by atoms with van der Waals surface area (Å²) < 4.78 is 5.58. The van der Waals surface area contributed by atoms with Gasteiger partial charge in [-0.25, -0.2) is 0 Å². The van der Waals surface area contributed by atoms with Crippen LogP contribution in [0, 0.1) is 13.8 Å². The Morgan fingerprint density at radius 1 is 1.19 bits per heavy atom. The molecule has 1 aromatic rings. The predicted octanol–water partition coefficient (Wildman–Crippen LogP) is 2.39. The Labute approximate surface area is 125 Å². The third-order valence-corrected chi connectivity index (χ3v) is 3.03. The Balaban J connectivity index is 2.53. The van der Waals surface area contributed by atoms with E-state index in [1.807, 2.05) is 32.0 Å². The summed E-state index contributed by atoms with van der Waals surface area (Å²) in [6, 6.07) is 5.73. The van der Waals surface area contributed by atoms with E-state index in [0.717, 1.165) is 16.9 Å². The van der Waals surface area contributed by atoms with Crippen LogP contribution in [-0.4, -0.2) is 41.1 Å². The highest BCUT2D eigenvalue weighted by molar-refractivity contribution is 5.81. The molecule has 0 aliphatic heterocycles. The van der Waals surface area contributed by atoms with Crippen molar-refractivity contribution in [2.75, 3.05) is 13.2 Å². The third-order valence-electron chi connectivity index (χ3n) is 3.03. The lowest BCUT2D eigenvalue weighted by Crippen LogP contribution is -2.41. The van der Waals surface area contributed by atoms with Gasteiger partial charge in [-0.15, -0.1) is 0 Å². The van der Waals surface area contributed by atoms with Gasteiger partial charge in [0.15, 0.2) is 0 Å². The summed E-state index contributed by atoms with van der Waals surface area (Å²) in [5.41, 5.74) is 2.21. The monoisotopic (exact) mass is 293 g/mol. The topological polar surface area (TPSA) is 66.8 Å². The number of amides is 1. The molecule has 1 amide bonds. The lowest BCUT2D eigenvalue weighted by molar-refractivity contribution is -0.146. The summed E-state index contributed by atoms with van der Waals surface area (Å²) in [4.78, 5) is 24.1. The molecule has 0 aliphatic carbocycles. The van der Waals surface area contributed by atoms with Crippen LogP contribution in [-0.2, 0) is 9.59 Å². The van der Waals surface area contributed by atoms with Gasteiger partial charge in [-0.1, -0.05) is 6.07 Å². The normalized spacial score (nSPS) is 10.5. The molecule has 0 radical (unpaired) electrons. The van der Waals surface area contributed by atoms with E-state index in [9.17, 15) is 9.59 Å². The van der Waals surface area contributed by atoms with Gasteiger partial charge >= 0.3 is 5.97 Å². The van der Waals surface area contributed by atoms with Crippen LogP contribution in [0.3, 0.4) is 0 Å². The van der Waals surface area contributed by atoms with Crippen LogP contribution in [0.4, 0.5) is 0 Å². The van der Waals surface area contributed by atoms with Crippen molar-refractivity contribution in [1.29, 1.82) is 0 Å². The van der Waals surface area contributed by atoms with Crippen LogP contribution < -0.4 is 4.74 Å². The number of carboxylic acid groups (broad SMARTS) is 1. The standard InChI is InChI=1S/C16H23NO4/c1-11(2)17(10-16(19)20)15(18)5-6-21-14-8-12(3)7-13(4)9-14/h7-9,11H,5-6,10H2,1-4H3,(H,19,20). The molecule has 0 saturated heterocycles. The van der Waals surface area contributed by atoms with Gasteiger partial charge in [-0.05, 0) is 51.0 Å². The lowest BCUT2D eigenvalue weighted by atomic mass is 10.1. The number of benzene rings is 1. The highest BCUT2D eigenvalue weighted by Crippen LogP contribution is 2.16. The Hall–Kier alpha value is -2.04. The average molecular weight is 293 g/mol. The number of aliphatic carboxylic acids is 1. The minimum atomic E-state index is -1.01. The first-order valence-electron chi connectivity index (χ1n) is 7.02. The van der Waals surface area contributed by atoms with E-state index < -0.39 is 5.97 Å². The van der Waals surface area contributed by atoms with Gasteiger partial charge in [0, 0.05) is 6.04 Å². The van der Waals surface area contributed by atoms with Gasteiger partial charge in [0.25, 0.3) is 0 Å². The Morgan fingerprint density at radius 3 is 2.24 bits per heavy atom. The number of nitrogens with zero attached hydrogens (tertiary/aromatic N) is 1. The quantitative estimate of drug-likeness (QED) is 0.838. The van der Waals surface area contributed by atoms with Gasteiger partial charge in [-0.2, -0.15) is 0 Å². The molecule has 116 valence electrons. The zero-order valence-corrected chi connectivity index (χ0v) is 13.0. The maximum absolute atomic E-state index is 12.0. The van der Waals surface area contributed by atoms with Crippen LogP contribution in [0.1, 0.15) is 31.4 Å². The van der Waals surface area contributed by atoms with Crippen LogP contribution in [0.2, 0.25) is 0 Å². The number of hydrogen-bond acceptors (Lipinski definition) is 3. The second-order valence-electron chi connectivity index (χ2n) is 5.43. The van der Waals surface area contributed by atoms with Crippen LogP contribution in [0.5, 0.6) is 5.75 Å². The van der Waals surface area contributed by atoms with Crippen molar-refractivity contribution >= 4 is 11.9 Å². The van der Waals surface area contributed by atoms with Gasteiger partial charge in [0.05, 0.1) is 13.0 Å². The van der Waals surface area contributed by atoms with Crippen LogP contribution in [0.15, 0.2) is 18.2 Å². The molecule has 5 heteroatoms. The fourth-order valence-corrected chi connectivity index (χ4v) is 2.12. The SMILES string of the molecule is Cc1cc(C)cc(OCCC(=O)N(CC(=O)O)C(C)C)c1. The van der Waals surface area contributed by atoms with Crippen LogP contribution >= 0.6 is 0 Å². The molecule has 0 aliphatic rings. The zero-order valence-electron chi connectivity index (χ0n) is 13.0. The van der Waals surface area contributed by atoms with Crippen molar-refractivity contribution in [2.45, 2.75) is 40.2 Å². The molecule has 1 rings (SSSR count). The van der Waals surface area contributed by atoms with Crippen molar-refractivity contribution in [3.8, 4) is 5.75 Å². The molecule has 0 unspecified atom stereocenters.